The number of sulfonamides is 1. The summed E-state index contributed by atoms with van der Waals surface area (Å²) in [5, 5.41) is 3.18. The molecule has 1 aliphatic heterocycles. The molecule has 0 aromatic heterocycles. The molecule has 0 bridgehead atoms. The molecule has 1 aromatic rings. The predicted molar refractivity (Wildman–Crippen MR) is 77.6 cm³/mol. The third-order valence-electron chi connectivity index (χ3n) is 3.29. The first-order valence-electron chi connectivity index (χ1n) is 6.69. The number of hydrogen-bond acceptors (Lipinski definition) is 4. The number of benzene rings is 1. The van der Waals surface area contributed by atoms with E-state index in [9.17, 15) is 8.42 Å². The zero-order chi connectivity index (χ0) is 13.9. The molecule has 6 heteroatoms. The van der Waals surface area contributed by atoms with Gasteiger partial charge in [0, 0.05) is 19.6 Å². The largest absolute Gasteiger partial charge is 0.397 e. The third-order valence-corrected chi connectivity index (χ3v) is 5.19. The second kappa shape index (κ2) is 5.79. The summed E-state index contributed by atoms with van der Waals surface area (Å²) in [6.45, 7) is 4.11. The molecule has 0 radical (unpaired) electrons. The monoisotopic (exact) mass is 283 g/mol. The summed E-state index contributed by atoms with van der Waals surface area (Å²) < 4.78 is 26.3. The van der Waals surface area contributed by atoms with Crippen molar-refractivity contribution in [3.05, 3.63) is 18.2 Å². The molecule has 2 rings (SSSR count). The maximum absolute atomic E-state index is 12.4. The van der Waals surface area contributed by atoms with Crippen LogP contribution in [0.1, 0.15) is 26.2 Å². The molecule has 1 aliphatic rings. The van der Waals surface area contributed by atoms with Crippen LogP contribution < -0.4 is 11.1 Å². The van der Waals surface area contributed by atoms with Crippen LogP contribution >= 0.6 is 0 Å². The summed E-state index contributed by atoms with van der Waals surface area (Å²) in [4.78, 5) is 0.286. The van der Waals surface area contributed by atoms with Crippen LogP contribution in [0.15, 0.2) is 23.1 Å². The van der Waals surface area contributed by atoms with Gasteiger partial charge >= 0.3 is 0 Å². The third kappa shape index (κ3) is 3.01. The van der Waals surface area contributed by atoms with Crippen molar-refractivity contribution in [2.24, 2.45) is 0 Å². The highest BCUT2D eigenvalue weighted by Gasteiger charge is 2.27. The molecule has 1 heterocycles. The van der Waals surface area contributed by atoms with Crippen LogP contribution in [0, 0.1) is 0 Å². The molecular weight excluding hydrogens is 262 g/mol. The normalized spacial score (nSPS) is 16.7. The predicted octanol–water partition coefficient (Wildman–Crippen LogP) is 1.88. The highest BCUT2D eigenvalue weighted by molar-refractivity contribution is 7.89. The number of nitrogens with zero attached hydrogens (tertiary/aromatic N) is 1. The van der Waals surface area contributed by atoms with Gasteiger partial charge in [-0.1, -0.05) is 6.92 Å². The quantitative estimate of drug-likeness (QED) is 0.809. The summed E-state index contributed by atoms with van der Waals surface area (Å²) >= 11 is 0. The van der Waals surface area contributed by atoms with Crippen molar-refractivity contribution in [1.82, 2.24) is 4.31 Å². The minimum atomic E-state index is -3.37. The molecule has 0 amide bonds. The molecule has 1 aromatic carbocycles. The van der Waals surface area contributed by atoms with Gasteiger partial charge in [0.25, 0.3) is 0 Å². The maximum Gasteiger partial charge on any atom is 0.243 e. The average molecular weight is 283 g/mol. The van der Waals surface area contributed by atoms with E-state index in [4.69, 9.17) is 5.73 Å². The molecule has 19 heavy (non-hydrogen) atoms. The molecule has 0 saturated carbocycles. The van der Waals surface area contributed by atoms with Gasteiger partial charge in [-0.05, 0) is 37.5 Å². The fraction of sp³-hybridized carbons (Fsp3) is 0.538. The van der Waals surface area contributed by atoms with Crippen LogP contribution in [0.4, 0.5) is 11.4 Å². The van der Waals surface area contributed by atoms with Gasteiger partial charge in [-0.15, -0.1) is 0 Å². The summed E-state index contributed by atoms with van der Waals surface area (Å²) in [5.74, 6) is 0. The number of nitrogens with two attached hydrogens (primary N) is 1. The van der Waals surface area contributed by atoms with E-state index in [1.54, 1.807) is 18.2 Å². The minimum absolute atomic E-state index is 0.286. The van der Waals surface area contributed by atoms with Crippen molar-refractivity contribution in [3.63, 3.8) is 0 Å². The average Bonchev–Trinajstić information content (AvgIpc) is 2.91. The van der Waals surface area contributed by atoms with Crippen LogP contribution in [0.5, 0.6) is 0 Å². The Labute approximate surface area is 114 Å². The molecule has 5 nitrogen and oxygen atoms in total. The molecule has 0 unspecified atom stereocenters. The zero-order valence-corrected chi connectivity index (χ0v) is 12.0. The molecule has 1 fully saturated rings. The second-order valence-corrected chi connectivity index (χ2v) is 6.72. The summed E-state index contributed by atoms with van der Waals surface area (Å²) in [5.41, 5.74) is 7.19. The van der Waals surface area contributed by atoms with Crippen LogP contribution in [0.3, 0.4) is 0 Å². The minimum Gasteiger partial charge on any atom is -0.397 e. The summed E-state index contributed by atoms with van der Waals surface area (Å²) in [6, 6.07) is 4.92. The lowest BCUT2D eigenvalue weighted by Crippen LogP contribution is -2.27. The number of nitrogens with one attached hydrogen (secondary N) is 1. The Balaban J connectivity index is 2.23. The highest BCUT2D eigenvalue weighted by Crippen LogP contribution is 2.26. The topological polar surface area (TPSA) is 75.4 Å². The van der Waals surface area contributed by atoms with E-state index in [1.165, 1.54) is 4.31 Å². The number of rotatable bonds is 5. The smallest absolute Gasteiger partial charge is 0.243 e. The fourth-order valence-electron chi connectivity index (χ4n) is 2.20. The molecule has 0 spiro atoms. The van der Waals surface area contributed by atoms with Crippen molar-refractivity contribution < 1.29 is 8.42 Å². The standard InChI is InChI=1S/C13H21N3O2S/c1-2-7-15-13-6-5-11(10-12(13)14)19(17,18)16-8-3-4-9-16/h5-6,10,15H,2-4,7-9,14H2,1H3. The van der Waals surface area contributed by atoms with Crippen LogP contribution in [0.25, 0.3) is 0 Å². The van der Waals surface area contributed by atoms with Crippen molar-refractivity contribution in [2.45, 2.75) is 31.1 Å². The summed E-state index contributed by atoms with van der Waals surface area (Å²) in [7, 11) is -3.37. The molecule has 3 N–H and O–H groups in total. The van der Waals surface area contributed by atoms with Gasteiger partial charge in [-0.25, -0.2) is 8.42 Å². The van der Waals surface area contributed by atoms with Gasteiger partial charge in [0.05, 0.1) is 16.3 Å². The maximum atomic E-state index is 12.4. The molecule has 106 valence electrons. The van der Waals surface area contributed by atoms with E-state index in [1.807, 2.05) is 0 Å². The molecule has 0 atom stereocenters. The Morgan fingerprint density at radius 3 is 2.58 bits per heavy atom. The number of hydrogen-bond donors (Lipinski definition) is 2. The highest BCUT2D eigenvalue weighted by atomic mass is 32.2. The van der Waals surface area contributed by atoms with Gasteiger partial charge in [0.2, 0.25) is 10.0 Å². The summed E-state index contributed by atoms with van der Waals surface area (Å²) in [6.07, 6.45) is 2.86. The van der Waals surface area contributed by atoms with Crippen molar-refractivity contribution in [1.29, 1.82) is 0 Å². The Hall–Kier alpha value is -1.27. The van der Waals surface area contributed by atoms with Crippen molar-refractivity contribution in [3.8, 4) is 0 Å². The van der Waals surface area contributed by atoms with Gasteiger partial charge < -0.3 is 11.1 Å². The first-order chi connectivity index (χ1) is 9.05. The van der Waals surface area contributed by atoms with Crippen LogP contribution in [-0.2, 0) is 10.0 Å². The number of anilines is 2. The van der Waals surface area contributed by atoms with E-state index in [-0.39, 0.29) is 4.90 Å². The van der Waals surface area contributed by atoms with E-state index >= 15 is 0 Å². The Kier molecular flexibility index (Phi) is 4.31. The van der Waals surface area contributed by atoms with Gasteiger partial charge in [0.1, 0.15) is 0 Å². The van der Waals surface area contributed by atoms with Gasteiger partial charge in [-0.3, -0.25) is 0 Å². The number of nitrogen functional groups attached to an aromatic ring is 1. The first-order valence-corrected chi connectivity index (χ1v) is 8.13. The Morgan fingerprint density at radius 1 is 1.32 bits per heavy atom. The fourth-order valence-corrected chi connectivity index (χ4v) is 3.75. The second-order valence-electron chi connectivity index (χ2n) is 4.79. The van der Waals surface area contributed by atoms with Crippen molar-refractivity contribution >= 4 is 21.4 Å². The lowest BCUT2D eigenvalue weighted by atomic mass is 10.2. The zero-order valence-electron chi connectivity index (χ0n) is 11.2. The van der Waals surface area contributed by atoms with E-state index < -0.39 is 10.0 Å². The Bertz CT molecular complexity index is 537. The van der Waals surface area contributed by atoms with E-state index in [0.29, 0.717) is 18.8 Å². The van der Waals surface area contributed by atoms with E-state index in [2.05, 4.69) is 12.2 Å². The lowest BCUT2D eigenvalue weighted by Gasteiger charge is -2.17. The Morgan fingerprint density at radius 2 is 2.00 bits per heavy atom. The lowest BCUT2D eigenvalue weighted by molar-refractivity contribution is 0.477. The molecular formula is C13H21N3O2S. The first kappa shape index (κ1) is 14.1. The van der Waals surface area contributed by atoms with Crippen LogP contribution in [0.2, 0.25) is 0 Å². The SMILES string of the molecule is CCCNc1ccc(S(=O)(=O)N2CCCC2)cc1N. The van der Waals surface area contributed by atoms with Gasteiger partial charge in [-0.2, -0.15) is 4.31 Å². The van der Waals surface area contributed by atoms with E-state index in [0.717, 1.165) is 31.5 Å². The van der Waals surface area contributed by atoms with Gasteiger partial charge in [0.15, 0.2) is 0 Å². The molecule has 1 saturated heterocycles. The molecule has 0 aliphatic carbocycles. The van der Waals surface area contributed by atoms with Crippen LogP contribution in [-0.4, -0.2) is 32.4 Å². The van der Waals surface area contributed by atoms with Crippen molar-refractivity contribution in [2.75, 3.05) is 30.7 Å².